The molecule has 4 heteroatoms. The van der Waals surface area contributed by atoms with Crippen LogP contribution in [-0.4, -0.2) is 9.55 Å². The third-order valence-electron chi connectivity index (χ3n) is 3.12. The van der Waals surface area contributed by atoms with E-state index in [0.717, 1.165) is 15.9 Å². The van der Waals surface area contributed by atoms with Crippen LogP contribution in [0.4, 0.5) is 4.39 Å². The van der Waals surface area contributed by atoms with Gasteiger partial charge in [-0.25, -0.2) is 9.37 Å². The van der Waals surface area contributed by atoms with Gasteiger partial charge in [0.1, 0.15) is 11.6 Å². The zero-order chi connectivity index (χ0) is 13.9. The number of hydrogen-bond acceptors (Lipinski definition) is 1. The van der Waals surface area contributed by atoms with E-state index in [0.29, 0.717) is 12.1 Å². The summed E-state index contributed by atoms with van der Waals surface area (Å²) in [6, 6.07) is 14.7. The fraction of sp³-hybridized carbons (Fsp3) is 0.0625. The first-order valence-corrected chi connectivity index (χ1v) is 7.04. The topological polar surface area (TPSA) is 17.8 Å². The maximum atomic E-state index is 13.7. The van der Waals surface area contributed by atoms with Crippen LogP contribution in [0, 0.1) is 5.82 Å². The largest absolute Gasteiger partial charge is 0.326 e. The summed E-state index contributed by atoms with van der Waals surface area (Å²) in [5.74, 6) is 0.642. The van der Waals surface area contributed by atoms with Crippen LogP contribution in [-0.2, 0) is 6.54 Å². The van der Waals surface area contributed by atoms with Gasteiger partial charge in [-0.3, -0.25) is 0 Å². The number of benzene rings is 2. The van der Waals surface area contributed by atoms with Crippen LogP contribution in [0.1, 0.15) is 5.56 Å². The van der Waals surface area contributed by atoms with Gasteiger partial charge in [-0.2, -0.15) is 0 Å². The number of rotatable bonds is 3. The van der Waals surface area contributed by atoms with Crippen molar-refractivity contribution in [1.82, 2.24) is 9.55 Å². The second-order valence-electron chi connectivity index (χ2n) is 4.48. The van der Waals surface area contributed by atoms with Crippen LogP contribution in [0.15, 0.2) is 65.4 Å². The highest BCUT2D eigenvalue weighted by Gasteiger charge is 2.08. The van der Waals surface area contributed by atoms with Crippen molar-refractivity contribution in [1.29, 1.82) is 0 Å². The molecule has 0 aliphatic carbocycles. The average molecular weight is 331 g/mol. The van der Waals surface area contributed by atoms with Crippen molar-refractivity contribution in [3.63, 3.8) is 0 Å². The summed E-state index contributed by atoms with van der Waals surface area (Å²) in [6.45, 7) is 0.470. The molecule has 0 unspecified atom stereocenters. The molecule has 2 aromatic carbocycles. The first kappa shape index (κ1) is 13.1. The summed E-state index contributed by atoms with van der Waals surface area (Å²) in [6.07, 6.45) is 3.60. The van der Waals surface area contributed by atoms with E-state index >= 15 is 0 Å². The monoisotopic (exact) mass is 330 g/mol. The zero-order valence-electron chi connectivity index (χ0n) is 10.6. The van der Waals surface area contributed by atoms with Crippen molar-refractivity contribution in [2.45, 2.75) is 6.54 Å². The highest BCUT2D eigenvalue weighted by Crippen LogP contribution is 2.21. The summed E-state index contributed by atoms with van der Waals surface area (Å²) < 4.78 is 16.7. The van der Waals surface area contributed by atoms with E-state index in [9.17, 15) is 4.39 Å². The van der Waals surface area contributed by atoms with Gasteiger partial charge in [-0.15, -0.1) is 0 Å². The van der Waals surface area contributed by atoms with Crippen LogP contribution in [0.2, 0.25) is 0 Å². The minimum Gasteiger partial charge on any atom is -0.326 e. The third kappa shape index (κ3) is 2.65. The Hall–Kier alpha value is -1.94. The molecule has 0 aliphatic rings. The second kappa shape index (κ2) is 5.59. The smallest absolute Gasteiger partial charge is 0.140 e. The summed E-state index contributed by atoms with van der Waals surface area (Å²) in [7, 11) is 0. The first-order chi connectivity index (χ1) is 9.74. The minimum atomic E-state index is -0.192. The number of hydrogen-bond donors (Lipinski definition) is 0. The van der Waals surface area contributed by atoms with Gasteiger partial charge in [0.2, 0.25) is 0 Å². The number of nitrogens with zero attached hydrogens (tertiary/aromatic N) is 2. The van der Waals surface area contributed by atoms with Crippen molar-refractivity contribution in [2.24, 2.45) is 0 Å². The van der Waals surface area contributed by atoms with Crippen molar-refractivity contribution < 1.29 is 4.39 Å². The van der Waals surface area contributed by atoms with Crippen LogP contribution >= 0.6 is 15.9 Å². The molecule has 3 rings (SSSR count). The number of halogens is 2. The van der Waals surface area contributed by atoms with Crippen LogP contribution in [0.25, 0.3) is 11.4 Å². The Bertz CT molecular complexity index is 719. The van der Waals surface area contributed by atoms with E-state index in [2.05, 4.69) is 20.9 Å². The third-order valence-corrected chi connectivity index (χ3v) is 3.65. The lowest BCUT2D eigenvalue weighted by molar-refractivity contribution is 0.600. The summed E-state index contributed by atoms with van der Waals surface area (Å²) in [5.41, 5.74) is 1.67. The van der Waals surface area contributed by atoms with Crippen molar-refractivity contribution in [3.05, 3.63) is 76.8 Å². The van der Waals surface area contributed by atoms with Gasteiger partial charge >= 0.3 is 0 Å². The van der Waals surface area contributed by atoms with E-state index in [4.69, 9.17) is 0 Å². The second-order valence-corrected chi connectivity index (χ2v) is 5.39. The summed E-state index contributed by atoms with van der Waals surface area (Å²) in [5, 5.41) is 0. The van der Waals surface area contributed by atoms with E-state index in [1.165, 1.54) is 6.07 Å². The molecule has 0 saturated heterocycles. The molecule has 20 heavy (non-hydrogen) atoms. The molecule has 0 aliphatic heterocycles. The molecule has 0 radical (unpaired) electrons. The Morgan fingerprint density at radius 1 is 1.05 bits per heavy atom. The Labute approximate surface area is 125 Å². The first-order valence-electron chi connectivity index (χ1n) is 6.24. The van der Waals surface area contributed by atoms with E-state index in [1.807, 2.05) is 41.1 Å². The fourth-order valence-corrected chi connectivity index (χ4v) is 2.37. The van der Waals surface area contributed by atoms with E-state index in [1.54, 1.807) is 18.3 Å². The molecule has 3 aromatic rings. The molecule has 0 fully saturated rings. The molecule has 1 heterocycles. The molecule has 0 bridgehead atoms. The molecule has 100 valence electrons. The number of aromatic nitrogens is 2. The van der Waals surface area contributed by atoms with Gasteiger partial charge < -0.3 is 4.57 Å². The molecule has 0 saturated carbocycles. The molecule has 0 spiro atoms. The van der Waals surface area contributed by atoms with Gasteiger partial charge in [0.25, 0.3) is 0 Å². The highest BCUT2D eigenvalue weighted by molar-refractivity contribution is 9.10. The maximum absolute atomic E-state index is 13.7. The molecular weight excluding hydrogens is 319 g/mol. The minimum absolute atomic E-state index is 0.192. The zero-order valence-corrected chi connectivity index (χ0v) is 12.2. The Balaban J connectivity index is 1.95. The van der Waals surface area contributed by atoms with Gasteiger partial charge in [-0.1, -0.05) is 46.3 Å². The molecular formula is C16H12BrFN2. The summed E-state index contributed by atoms with van der Waals surface area (Å²) in [4.78, 5) is 4.37. The molecule has 2 nitrogen and oxygen atoms in total. The Morgan fingerprint density at radius 2 is 1.80 bits per heavy atom. The van der Waals surface area contributed by atoms with Gasteiger partial charge in [0, 0.05) is 28.0 Å². The van der Waals surface area contributed by atoms with Crippen LogP contribution in [0.3, 0.4) is 0 Å². The predicted octanol–water partition coefficient (Wildman–Crippen LogP) is 4.50. The van der Waals surface area contributed by atoms with Crippen molar-refractivity contribution >= 4 is 15.9 Å². The molecule has 0 atom stereocenters. The SMILES string of the molecule is Fc1ccccc1Cn1ccnc1-c1ccc(Br)cc1. The maximum Gasteiger partial charge on any atom is 0.140 e. The average Bonchev–Trinajstić information content (AvgIpc) is 2.90. The lowest BCUT2D eigenvalue weighted by atomic mass is 10.2. The summed E-state index contributed by atoms with van der Waals surface area (Å²) >= 11 is 3.41. The van der Waals surface area contributed by atoms with E-state index in [-0.39, 0.29) is 5.82 Å². The molecule has 0 amide bonds. The van der Waals surface area contributed by atoms with E-state index < -0.39 is 0 Å². The number of imidazole rings is 1. The molecule has 0 N–H and O–H groups in total. The van der Waals surface area contributed by atoms with Gasteiger partial charge in [0.05, 0.1) is 6.54 Å². The Kier molecular flexibility index (Phi) is 3.65. The van der Waals surface area contributed by atoms with Gasteiger partial charge in [-0.05, 0) is 18.2 Å². The highest BCUT2D eigenvalue weighted by atomic mass is 79.9. The lowest BCUT2D eigenvalue weighted by Crippen LogP contribution is -2.02. The fourth-order valence-electron chi connectivity index (χ4n) is 2.11. The van der Waals surface area contributed by atoms with Crippen LogP contribution in [0.5, 0.6) is 0 Å². The predicted molar refractivity (Wildman–Crippen MR) is 80.9 cm³/mol. The van der Waals surface area contributed by atoms with Crippen molar-refractivity contribution in [3.8, 4) is 11.4 Å². The van der Waals surface area contributed by atoms with Gasteiger partial charge in [0.15, 0.2) is 0 Å². The lowest BCUT2D eigenvalue weighted by Gasteiger charge is -2.09. The standard InChI is InChI=1S/C16H12BrFN2/c17-14-7-5-12(6-8-14)16-19-9-10-20(16)11-13-3-1-2-4-15(13)18/h1-10H,11H2. The quantitative estimate of drug-likeness (QED) is 0.691. The van der Waals surface area contributed by atoms with Crippen molar-refractivity contribution in [2.75, 3.05) is 0 Å². The normalized spacial score (nSPS) is 10.7. The molecule has 1 aromatic heterocycles. The Morgan fingerprint density at radius 3 is 2.55 bits per heavy atom. The van der Waals surface area contributed by atoms with Crippen LogP contribution < -0.4 is 0 Å².